The number of anilines is 3. The van der Waals surface area contributed by atoms with E-state index in [0.717, 1.165) is 12.1 Å². The van der Waals surface area contributed by atoms with Gasteiger partial charge in [-0.2, -0.15) is 0 Å². The zero-order valence-corrected chi connectivity index (χ0v) is 17.5. The van der Waals surface area contributed by atoms with Gasteiger partial charge in [0.15, 0.2) is 0 Å². The van der Waals surface area contributed by atoms with Gasteiger partial charge in [-0.3, -0.25) is 4.72 Å². The van der Waals surface area contributed by atoms with Gasteiger partial charge in [-0.25, -0.2) is 22.0 Å². The van der Waals surface area contributed by atoms with Crippen molar-refractivity contribution in [3.8, 4) is 5.75 Å². The summed E-state index contributed by atoms with van der Waals surface area (Å²) in [5, 5.41) is 5.05. The summed E-state index contributed by atoms with van der Waals surface area (Å²) in [5.41, 5.74) is 0.122. The van der Waals surface area contributed by atoms with Crippen LogP contribution in [-0.4, -0.2) is 21.6 Å². The molecule has 0 heterocycles. The molecule has 7 nitrogen and oxygen atoms in total. The number of hydrogen-bond acceptors (Lipinski definition) is 4. The first kappa shape index (κ1) is 22.3. The first-order valence-electron chi connectivity index (χ1n) is 8.67. The maximum atomic E-state index is 13.7. The third-order valence-electron chi connectivity index (χ3n) is 3.99. The summed E-state index contributed by atoms with van der Waals surface area (Å²) in [5.74, 6) is -1.71. The maximum absolute atomic E-state index is 13.7. The highest BCUT2D eigenvalue weighted by atomic mass is 35.5. The maximum Gasteiger partial charge on any atom is 0.323 e. The van der Waals surface area contributed by atoms with Crippen molar-refractivity contribution >= 4 is 44.7 Å². The molecule has 3 rings (SSSR count). The summed E-state index contributed by atoms with van der Waals surface area (Å²) in [6.07, 6.45) is 0. The van der Waals surface area contributed by atoms with E-state index in [2.05, 4.69) is 15.4 Å². The van der Waals surface area contributed by atoms with Crippen molar-refractivity contribution in [2.45, 2.75) is 4.90 Å². The molecule has 0 fully saturated rings. The third kappa shape index (κ3) is 5.62. The lowest BCUT2D eigenvalue weighted by atomic mass is 10.3. The molecule has 0 atom stereocenters. The van der Waals surface area contributed by atoms with Crippen molar-refractivity contribution in [2.24, 2.45) is 0 Å². The van der Waals surface area contributed by atoms with Gasteiger partial charge in [0.2, 0.25) is 0 Å². The van der Waals surface area contributed by atoms with Crippen LogP contribution in [0.1, 0.15) is 0 Å². The highest BCUT2D eigenvalue weighted by Gasteiger charge is 2.21. The van der Waals surface area contributed by atoms with Crippen LogP contribution in [0.2, 0.25) is 5.02 Å². The molecule has 0 saturated heterocycles. The number of ether oxygens (including phenoxy) is 1. The number of urea groups is 1. The normalized spacial score (nSPS) is 11.0. The Morgan fingerprint density at radius 3 is 2.26 bits per heavy atom. The van der Waals surface area contributed by atoms with E-state index in [1.165, 1.54) is 49.6 Å². The zero-order chi connectivity index (χ0) is 22.6. The third-order valence-corrected chi connectivity index (χ3v) is 5.64. The van der Waals surface area contributed by atoms with Crippen molar-refractivity contribution in [3.05, 3.63) is 77.3 Å². The molecular formula is C20H16ClF2N3O4S. The van der Waals surface area contributed by atoms with Gasteiger partial charge in [0.1, 0.15) is 22.3 Å². The second-order valence-electron chi connectivity index (χ2n) is 6.18. The molecule has 3 aromatic carbocycles. The van der Waals surface area contributed by atoms with Crippen LogP contribution in [0.15, 0.2) is 65.6 Å². The molecule has 0 aliphatic heterocycles. The van der Waals surface area contributed by atoms with Gasteiger partial charge < -0.3 is 15.4 Å². The van der Waals surface area contributed by atoms with Gasteiger partial charge in [0.05, 0.1) is 12.8 Å². The molecule has 0 aliphatic carbocycles. The van der Waals surface area contributed by atoms with E-state index in [-0.39, 0.29) is 27.7 Å². The lowest BCUT2D eigenvalue weighted by molar-refractivity contribution is 0.262. The van der Waals surface area contributed by atoms with E-state index in [0.29, 0.717) is 11.1 Å². The zero-order valence-electron chi connectivity index (χ0n) is 15.9. The molecule has 3 N–H and O–H groups in total. The summed E-state index contributed by atoms with van der Waals surface area (Å²) in [7, 11) is -2.79. The van der Waals surface area contributed by atoms with E-state index in [1.807, 2.05) is 0 Å². The lowest BCUT2D eigenvalue weighted by Crippen LogP contribution is -2.21. The largest absolute Gasteiger partial charge is 0.495 e. The van der Waals surface area contributed by atoms with Gasteiger partial charge in [-0.1, -0.05) is 11.6 Å². The molecule has 0 aliphatic rings. The highest BCUT2D eigenvalue weighted by molar-refractivity contribution is 7.92. The van der Waals surface area contributed by atoms with E-state index >= 15 is 0 Å². The van der Waals surface area contributed by atoms with Gasteiger partial charge in [0, 0.05) is 22.5 Å². The Balaban J connectivity index is 1.82. The number of nitrogens with one attached hydrogen (secondary N) is 3. The summed E-state index contributed by atoms with van der Waals surface area (Å²) in [4.78, 5) is 11.9. The van der Waals surface area contributed by atoms with Crippen LogP contribution in [0.5, 0.6) is 5.75 Å². The Morgan fingerprint density at radius 1 is 0.935 bits per heavy atom. The molecule has 0 radical (unpaired) electrons. The quantitative estimate of drug-likeness (QED) is 0.471. The molecule has 162 valence electrons. The fraction of sp³-hybridized carbons (Fsp3) is 0.0500. The number of amides is 2. The Morgan fingerprint density at radius 2 is 1.61 bits per heavy atom. The molecular weight excluding hydrogens is 452 g/mol. The minimum absolute atomic E-state index is 0.0389. The van der Waals surface area contributed by atoms with Crippen LogP contribution in [0.3, 0.4) is 0 Å². The van der Waals surface area contributed by atoms with Crippen molar-refractivity contribution in [2.75, 3.05) is 22.5 Å². The molecule has 2 amide bonds. The number of rotatable bonds is 6. The van der Waals surface area contributed by atoms with Crippen LogP contribution in [-0.2, 0) is 10.0 Å². The van der Waals surface area contributed by atoms with Crippen LogP contribution in [0.25, 0.3) is 0 Å². The number of benzene rings is 3. The van der Waals surface area contributed by atoms with Crippen molar-refractivity contribution in [1.29, 1.82) is 0 Å². The van der Waals surface area contributed by atoms with Gasteiger partial charge in [-0.05, 0) is 54.6 Å². The van der Waals surface area contributed by atoms with Crippen LogP contribution < -0.4 is 20.1 Å². The predicted molar refractivity (Wildman–Crippen MR) is 114 cm³/mol. The van der Waals surface area contributed by atoms with Crippen LogP contribution in [0, 0.1) is 11.6 Å². The van der Waals surface area contributed by atoms with Crippen molar-refractivity contribution in [1.82, 2.24) is 0 Å². The van der Waals surface area contributed by atoms with Crippen LogP contribution >= 0.6 is 11.6 Å². The first-order chi connectivity index (χ1) is 14.7. The number of carbonyl (C=O) groups excluding carboxylic acids is 1. The molecule has 0 unspecified atom stereocenters. The number of carbonyl (C=O) groups is 1. The monoisotopic (exact) mass is 467 g/mol. The molecule has 0 spiro atoms. The highest BCUT2D eigenvalue weighted by Crippen LogP contribution is 2.29. The average Bonchev–Trinajstić information content (AvgIpc) is 2.71. The number of halogens is 3. The second-order valence-corrected chi connectivity index (χ2v) is 8.27. The molecule has 0 saturated carbocycles. The Hall–Kier alpha value is -3.37. The van der Waals surface area contributed by atoms with Gasteiger partial charge >= 0.3 is 6.03 Å². The smallest absolute Gasteiger partial charge is 0.323 e. The first-order valence-corrected chi connectivity index (χ1v) is 10.5. The van der Waals surface area contributed by atoms with E-state index in [1.54, 1.807) is 0 Å². The minimum atomic E-state index is -4.09. The van der Waals surface area contributed by atoms with Crippen molar-refractivity contribution in [3.63, 3.8) is 0 Å². The fourth-order valence-electron chi connectivity index (χ4n) is 2.57. The molecule has 0 aromatic heterocycles. The number of methoxy groups -OCH3 is 1. The molecule has 0 bridgehead atoms. The summed E-state index contributed by atoms with van der Waals surface area (Å²) < 4.78 is 59.9. The molecule has 11 heteroatoms. The van der Waals surface area contributed by atoms with Gasteiger partial charge in [0.25, 0.3) is 10.0 Å². The summed E-state index contributed by atoms with van der Waals surface area (Å²) >= 11 is 5.81. The number of sulfonamides is 1. The Labute approximate surface area is 182 Å². The van der Waals surface area contributed by atoms with Crippen LogP contribution in [0.4, 0.5) is 30.6 Å². The molecule has 31 heavy (non-hydrogen) atoms. The second kappa shape index (κ2) is 9.19. The topological polar surface area (TPSA) is 96.5 Å². The Bertz CT molecular complexity index is 1220. The lowest BCUT2D eigenvalue weighted by Gasteiger charge is -2.14. The number of hydrogen-bond donors (Lipinski definition) is 3. The minimum Gasteiger partial charge on any atom is -0.495 e. The SMILES string of the molecule is COc1ccc(NC(=O)Nc2ccc(F)cc2F)cc1S(=O)(=O)Nc1ccc(Cl)cc1. The average molecular weight is 468 g/mol. The summed E-state index contributed by atoms with van der Waals surface area (Å²) in [6.45, 7) is 0. The summed E-state index contributed by atoms with van der Waals surface area (Å²) in [6, 6.07) is 11.8. The van der Waals surface area contributed by atoms with E-state index < -0.39 is 27.7 Å². The van der Waals surface area contributed by atoms with Crippen molar-refractivity contribution < 1.29 is 26.7 Å². The molecule has 3 aromatic rings. The van der Waals surface area contributed by atoms with E-state index in [4.69, 9.17) is 16.3 Å². The van der Waals surface area contributed by atoms with Gasteiger partial charge in [-0.15, -0.1) is 0 Å². The Kier molecular flexibility index (Phi) is 6.62. The predicted octanol–water partition coefficient (Wildman–Crippen LogP) is 5.07. The standard InChI is InChI=1S/C20H16ClF2N3O4S/c1-30-18-9-7-15(24-20(27)25-17-8-4-13(22)10-16(17)23)11-19(18)31(28,29)26-14-5-2-12(21)3-6-14/h2-11,26H,1H3,(H2,24,25,27). The van der Waals surface area contributed by atoms with E-state index in [9.17, 15) is 22.0 Å². The fourth-order valence-corrected chi connectivity index (χ4v) is 3.95.